The normalized spacial score (nSPS) is 12.1. The van der Waals surface area contributed by atoms with Gasteiger partial charge in [-0.05, 0) is 51.4 Å². The van der Waals surface area contributed by atoms with Crippen molar-refractivity contribution >= 4 is 17.9 Å². The highest BCUT2D eigenvalue weighted by Crippen LogP contribution is 2.19. The van der Waals surface area contributed by atoms with E-state index in [-0.39, 0.29) is 31.1 Å². The summed E-state index contributed by atoms with van der Waals surface area (Å²) in [6.07, 6.45) is 79.9. The van der Waals surface area contributed by atoms with Gasteiger partial charge < -0.3 is 14.2 Å². The fraction of sp³-hybridized carbons (Fsp3) is 0.900. The lowest BCUT2D eigenvalue weighted by molar-refractivity contribution is -0.167. The highest BCUT2D eigenvalue weighted by atomic mass is 16.6. The average molecular weight is 1070 g/mol. The van der Waals surface area contributed by atoms with Crippen molar-refractivity contribution in [1.29, 1.82) is 0 Å². The third kappa shape index (κ3) is 62.7. The van der Waals surface area contributed by atoms with E-state index >= 15 is 0 Å². The summed E-state index contributed by atoms with van der Waals surface area (Å²) < 4.78 is 16.8. The van der Waals surface area contributed by atoms with E-state index in [4.69, 9.17) is 14.2 Å². The Morgan fingerprint density at radius 3 is 0.750 bits per heavy atom. The molecule has 0 aromatic rings. The van der Waals surface area contributed by atoms with Crippen LogP contribution in [0.3, 0.4) is 0 Å². The van der Waals surface area contributed by atoms with Gasteiger partial charge in [-0.25, -0.2) is 0 Å². The van der Waals surface area contributed by atoms with Crippen LogP contribution in [-0.2, 0) is 28.6 Å². The largest absolute Gasteiger partial charge is 0.462 e. The summed E-state index contributed by atoms with van der Waals surface area (Å²) in [6, 6.07) is 0. The molecule has 0 fully saturated rings. The number of carbonyl (C=O) groups excluding carboxylic acids is 3. The van der Waals surface area contributed by atoms with Crippen LogP contribution in [0.15, 0.2) is 24.3 Å². The van der Waals surface area contributed by atoms with Gasteiger partial charge in [-0.2, -0.15) is 0 Å². The monoisotopic (exact) mass is 1070 g/mol. The lowest BCUT2D eigenvalue weighted by atomic mass is 10.0. The van der Waals surface area contributed by atoms with Crippen LogP contribution in [0.25, 0.3) is 0 Å². The van der Waals surface area contributed by atoms with Gasteiger partial charge in [0.05, 0.1) is 0 Å². The Balaban J connectivity index is 3.86. The van der Waals surface area contributed by atoms with Gasteiger partial charge in [-0.3, -0.25) is 14.4 Å². The second kappa shape index (κ2) is 65.4. The summed E-state index contributed by atoms with van der Waals surface area (Å²) in [5, 5.41) is 0. The molecule has 6 heteroatoms. The predicted octanol–water partition coefficient (Wildman–Crippen LogP) is 23.4. The molecular weight excluding hydrogens is 937 g/mol. The number of hydrogen-bond acceptors (Lipinski definition) is 6. The molecule has 0 N–H and O–H groups in total. The van der Waals surface area contributed by atoms with Gasteiger partial charge in [0, 0.05) is 19.3 Å². The first-order valence-electron chi connectivity index (χ1n) is 34.3. The van der Waals surface area contributed by atoms with Crippen LogP contribution in [0.4, 0.5) is 0 Å². The molecule has 0 saturated heterocycles. The first-order valence-corrected chi connectivity index (χ1v) is 34.3. The molecule has 0 amide bonds. The molecule has 6 nitrogen and oxygen atoms in total. The molecular formula is C70H132O6. The fourth-order valence-corrected chi connectivity index (χ4v) is 10.5. The highest BCUT2D eigenvalue weighted by Gasteiger charge is 2.19. The third-order valence-corrected chi connectivity index (χ3v) is 15.7. The van der Waals surface area contributed by atoms with Crippen LogP contribution >= 0.6 is 0 Å². The number of carbonyl (C=O) groups is 3. The second-order valence-corrected chi connectivity index (χ2v) is 23.5. The highest BCUT2D eigenvalue weighted by molar-refractivity contribution is 5.71. The second-order valence-electron chi connectivity index (χ2n) is 23.5. The van der Waals surface area contributed by atoms with E-state index in [1.807, 2.05) is 0 Å². The molecule has 0 bridgehead atoms. The maximum Gasteiger partial charge on any atom is 0.306 e. The SMILES string of the molecule is CCCCC/C=C\C/C=C\CCCCCCCCCCCC(=O)OC(COC(=O)CCCCCCC)COC(=O)CCCCCCCCCCCCCCCCCCCCCCCCCCCCCCCCCCCC. The Morgan fingerprint density at radius 2 is 0.474 bits per heavy atom. The zero-order chi connectivity index (χ0) is 55.0. The summed E-state index contributed by atoms with van der Waals surface area (Å²) >= 11 is 0. The Morgan fingerprint density at radius 1 is 0.263 bits per heavy atom. The lowest BCUT2D eigenvalue weighted by Crippen LogP contribution is -2.30. The summed E-state index contributed by atoms with van der Waals surface area (Å²) in [5.41, 5.74) is 0. The predicted molar refractivity (Wildman–Crippen MR) is 330 cm³/mol. The minimum Gasteiger partial charge on any atom is -0.462 e. The first kappa shape index (κ1) is 73.9. The van der Waals surface area contributed by atoms with Crippen LogP contribution in [0.2, 0.25) is 0 Å². The average Bonchev–Trinajstić information content (AvgIpc) is 3.42. The minimum atomic E-state index is -0.767. The molecule has 0 saturated carbocycles. The smallest absolute Gasteiger partial charge is 0.306 e. The maximum atomic E-state index is 12.8. The van der Waals surface area contributed by atoms with Crippen molar-refractivity contribution in [3.63, 3.8) is 0 Å². The van der Waals surface area contributed by atoms with Gasteiger partial charge in [-0.15, -0.1) is 0 Å². The topological polar surface area (TPSA) is 78.9 Å². The minimum absolute atomic E-state index is 0.0686. The van der Waals surface area contributed by atoms with E-state index < -0.39 is 6.10 Å². The van der Waals surface area contributed by atoms with Crippen molar-refractivity contribution in [3.05, 3.63) is 24.3 Å². The van der Waals surface area contributed by atoms with Gasteiger partial charge >= 0.3 is 17.9 Å². The van der Waals surface area contributed by atoms with Gasteiger partial charge in [-0.1, -0.05) is 340 Å². The summed E-state index contributed by atoms with van der Waals surface area (Å²) in [6.45, 7) is 6.59. The lowest BCUT2D eigenvalue weighted by Gasteiger charge is -2.18. The van der Waals surface area contributed by atoms with Crippen molar-refractivity contribution < 1.29 is 28.6 Å². The summed E-state index contributed by atoms with van der Waals surface area (Å²) in [5.74, 6) is -0.864. The number of unbranched alkanes of at least 4 members (excludes halogenated alkanes) is 49. The van der Waals surface area contributed by atoms with Crippen molar-refractivity contribution in [1.82, 2.24) is 0 Å². The molecule has 448 valence electrons. The number of esters is 3. The van der Waals surface area contributed by atoms with Gasteiger partial charge in [0.1, 0.15) is 13.2 Å². The quantitative estimate of drug-likeness (QED) is 0.0261. The number of allylic oxidation sites excluding steroid dienone is 4. The van der Waals surface area contributed by atoms with Gasteiger partial charge in [0.25, 0.3) is 0 Å². The Kier molecular flexibility index (Phi) is 63.6. The zero-order valence-corrected chi connectivity index (χ0v) is 51.6. The van der Waals surface area contributed by atoms with Crippen molar-refractivity contribution in [2.75, 3.05) is 13.2 Å². The van der Waals surface area contributed by atoms with E-state index in [1.165, 1.54) is 276 Å². The van der Waals surface area contributed by atoms with Crippen molar-refractivity contribution in [2.24, 2.45) is 0 Å². The zero-order valence-electron chi connectivity index (χ0n) is 51.6. The molecule has 0 radical (unpaired) electrons. The number of hydrogen-bond donors (Lipinski definition) is 0. The standard InChI is InChI=1S/C70H132O6/c1-4-7-10-13-15-17-19-21-23-25-27-28-29-30-31-32-33-34-35-36-37-38-39-40-41-43-44-46-48-50-52-54-57-60-63-69(72)75-66-67(65-74-68(71)62-59-56-12-9-6-3)76-70(73)64-61-58-55-53-51-49-47-45-42-26-24-22-20-18-16-14-11-8-5-2/h16,18,22,24,67H,4-15,17,19-21,23,25-66H2,1-3H3/b18-16-,24-22-. The van der Waals surface area contributed by atoms with Gasteiger partial charge in [0.2, 0.25) is 0 Å². The Hall–Kier alpha value is -2.11. The first-order chi connectivity index (χ1) is 37.5. The van der Waals surface area contributed by atoms with E-state index in [9.17, 15) is 14.4 Å². The van der Waals surface area contributed by atoms with E-state index in [0.29, 0.717) is 19.3 Å². The molecule has 0 aromatic carbocycles. The summed E-state index contributed by atoms with van der Waals surface area (Å²) in [4.78, 5) is 37.9. The number of ether oxygens (including phenoxy) is 3. The molecule has 0 aliphatic heterocycles. The number of rotatable bonds is 64. The molecule has 0 aliphatic rings. The third-order valence-electron chi connectivity index (χ3n) is 15.7. The molecule has 1 unspecified atom stereocenters. The van der Waals surface area contributed by atoms with Crippen LogP contribution in [0.1, 0.15) is 387 Å². The summed E-state index contributed by atoms with van der Waals surface area (Å²) in [7, 11) is 0. The maximum absolute atomic E-state index is 12.8. The Bertz CT molecular complexity index is 1230. The molecule has 1 atom stereocenters. The van der Waals surface area contributed by atoms with Gasteiger partial charge in [0.15, 0.2) is 6.10 Å². The van der Waals surface area contributed by atoms with Crippen LogP contribution in [0, 0.1) is 0 Å². The van der Waals surface area contributed by atoms with Crippen molar-refractivity contribution in [3.8, 4) is 0 Å². The molecule has 0 aliphatic carbocycles. The van der Waals surface area contributed by atoms with Crippen LogP contribution in [0.5, 0.6) is 0 Å². The van der Waals surface area contributed by atoms with Crippen LogP contribution < -0.4 is 0 Å². The van der Waals surface area contributed by atoms with Crippen molar-refractivity contribution in [2.45, 2.75) is 393 Å². The molecule has 0 spiro atoms. The van der Waals surface area contributed by atoms with E-state index in [0.717, 1.165) is 70.6 Å². The molecule has 0 aromatic heterocycles. The van der Waals surface area contributed by atoms with Crippen LogP contribution in [-0.4, -0.2) is 37.2 Å². The molecule has 0 rings (SSSR count). The molecule has 0 heterocycles. The molecule has 76 heavy (non-hydrogen) atoms. The Labute approximate surface area is 474 Å². The fourth-order valence-electron chi connectivity index (χ4n) is 10.5. The van der Waals surface area contributed by atoms with E-state index in [2.05, 4.69) is 45.1 Å². The van der Waals surface area contributed by atoms with E-state index in [1.54, 1.807) is 0 Å².